The van der Waals surface area contributed by atoms with Crippen molar-refractivity contribution in [2.75, 3.05) is 24.9 Å². The Morgan fingerprint density at radius 2 is 1.93 bits per heavy atom. The van der Waals surface area contributed by atoms with Crippen LogP contribution in [0.2, 0.25) is 0 Å². The molecule has 3 rings (SSSR count). The average molecular weight is 426 g/mol. The summed E-state index contributed by atoms with van der Waals surface area (Å²) in [5.41, 5.74) is 0.733. The highest BCUT2D eigenvalue weighted by Gasteiger charge is 2.19. The van der Waals surface area contributed by atoms with Gasteiger partial charge < -0.3 is 15.4 Å². The molecule has 9 heteroatoms. The third kappa shape index (κ3) is 5.60. The molecule has 1 aliphatic heterocycles. The number of rotatable bonds is 6. The Bertz CT molecular complexity index is 898. The third-order valence-corrected chi connectivity index (χ3v) is 5.76. The molecule has 152 valence electrons. The summed E-state index contributed by atoms with van der Waals surface area (Å²) in [6.45, 7) is 1.68. The largest absolute Gasteiger partial charge is 0.497 e. The van der Waals surface area contributed by atoms with Gasteiger partial charge in [0.15, 0.2) is 0 Å². The van der Waals surface area contributed by atoms with Crippen LogP contribution >= 0.6 is 12.4 Å². The minimum Gasteiger partial charge on any atom is -0.497 e. The molecule has 7 nitrogen and oxygen atoms in total. The lowest BCUT2D eigenvalue weighted by Gasteiger charge is -2.23. The number of carbonyl (C=O) groups excluding carboxylic acids is 1. The summed E-state index contributed by atoms with van der Waals surface area (Å²) < 4.78 is 32.8. The molecule has 0 radical (unpaired) electrons. The first-order valence-electron chi connectivity index (χ1n) is 8.76. The Morgan fingerprint density at radius 1 is 1.18 bits per heavy atom. The summed E-state index contributed by atoms with van der Waals surface area (Å²) in [6.07, 6.45) is 1.92. The van der Waals surface area contributed by atoms with E-state index in [1.807, 2.05) is 0 Å². The van der Waals surface area contributed by atoms with Crippen molar-refractivity contribution in [1.29, 1.82) is 0 Å². The molecular weight excluding hydrogens is 402 g/mol. The van der Waals surface area contributed by atoms with Crippen molar-refractivity contribution in [3.63, 3.8) is 0 Å². The summed E-state index contributed by atoms with van der Waals surface area (Å²) in [4.78, 5) is 12.5. The van der Waals surface area contributed by atoms with Crippen molar-refractivity contribution in [3.05, 3.63) is 54.1 Å². The van der Waals surface area contributed by atoms with E-state index in [4.69, 9.17) is 4.74 Å². The molecule has 0 aliphatic carbocycles. The van der Waals surface area contributed by atoms with E-state index in [-0.39, 0.29) is 29.3 Å². The molecule has 1 amide bonds. The molecule has 0 spiro atoms. The fourth-order valence-corrected chi connectivity index (χ4v) is 4.03. The van der Waals surface area contributed by atoms with Gasteiger partial charge in [0.05, 0.1) is 12.0 Å². The minimum absolute atomic E-state index is 0. The third-order valence-electron chi connectivity index (χ3n) is 4.38. The maximum absolute atomic E-state index is 12.6. The smallest absolute Gasteiger partial charge is 0.261 e. The van der Waals surface area contributed by atoms with Crippen molar-refractivity contribution in [2.24, 2.45) is 0 Å². The molecule has 2 aromatic rings. The van der Waals surface area contributed by atoms with Gasteiger partial charge >= 0.3 is 0 Å². The van der Waals surface area contributed by atoms with E-state index in [1.165, 1.54) is 12.1 Å². The van der Waals surface area contributed by atoms with E-state index in [9.17, 15) is 13.2 Å². The van der Waals surface area contributed by atoms with Crippen LogP contribution in [0.5, 0.6) is 5.75 Å². The van der Waals surface area contributed by atoms with Crippen molar-refractivity contribution in [3.8, 4) is 5.75 Å². The number of amides is 1. The standard InChI is InChI=1S/C19H23N3O4S.ClH/c1-26-17-9-7-15(8-10-17)22-27(24,25)18-6-2-4-14(12-18)19(23)21-16-5-3-11-20-13-16;/h2,4,6-10,12,16,20,22H,3,5,11,13H2,1H3,(H,21,23);1H. The SMILES string of the molecule is COc1ccc(NS(=O)(=O)c2cccc(C(=O)NC3CCCNC3)c2)cc1.Cl. The van der Waals surface area contributed by atoms with Gasteiger partial charge in [0.1, 0.15) is 5.75 Å². The number of anilines is 1. The minimum atomic E-state index is -3.81. The Kier molecular flexibility index (Phi) is 7.68. The summed E-state index contributed by atoms with van der Waals surface area (Å²) >= 11 is 0. The normalized spacial score (nSPS) is 16.5. The van der Waals surface area contributed by atoms with Gasteiger partial charge in [-0.05, 0) is 61.9 Å². The Morgan fingerprint density at radius 3 is 2.57 bits per heavy atom. The molecule has 1 aliphatic rings. The summed E-state index contributed by atoms with van der Waals surface area (Å²) in [6, 6.07) is 12.6. The zero-order chi connectivity index (χ0) is 19.3. The molecule has 0 bridgehead atoms. The van der Waals surface area contributed by atoms with Crippen molar-refractivity contribution < 1.29 is 17.9 Å². The number of halogens is 1. The van der Waals surface area contributed by atoms with Crippen molar-refractivity contribution in [1.82, 2.24) is 10.6 Å². The summed E-state index contributed by atoms with van der Waals surface area (Å²) in [7, 11) is -2.26. The predicted octanol–water partition coefficient (Wildman–Crippen LogP) is 2.40. The van der Waals surface area contributed by atoms with Crippen LogP contribution in [0, 0.1) is 0 Å². The van der Waals surface area contributed by atoms with Gasteiger partial charge in [0.25, 0.3) is 15.9 Å². The number of sulfonamides is 1. The monoisotopic (exact) mass is 425 g/mol. The van der Waals surface area contributed by atoms with Gasteiger partial charge in [0.2, 0.25) is 0 Å². The maximum atomic E-state index is 12.6. The van der Waals surface area contributed by atoms with Crippen LogP contribution in [-0.2, 0) is 10.0 Å². The molecule has 1 atom stereocenters. The number of hydrogen-bond acceptors (Lipinski definition) is 5. The summed E-state index contributed by atoms with van der Waals surface area (Å²) in [5.74, 6) is 0.360. The van der Waals surface area contributed by atoms with E-state index in [0.29, 0.717) is 17.0 Å². The molecule has 0 aromatic heterocycles. The summed E-state index contributed by atoms with van der Waals surface area (Å²) in [5, 5.41) is 6.18. The van der Waals surface area contributed by atoms with Gasteiger partial charge in [0, 0.05) is 23.8 Å². The molecule has 1 unspecified atom stereocenters. The molecule has 1 heterocycles. The number of benzene rings is 2. The highest BCUT2D eigenvalue weighted by molar-refractivity contribution is 7.92. The molecule has 1 saturated heterocycles. The van der Waals surface area contributed by atoms with Crippen LogP contribution in [0.25, 0.3) is 0 Å². The van der Waals surface area contributed by atoms with Gasteiger partial charge in [-0.2, -0.15) is 0 Å². The topological polar surface area (TPSA) is 96.5 Å². The van der Waals surface area contributed by atoms with Crippen LogP contribution in [0.15, 0.2) is 53.4 Å². The Balaban J connectivity index is 0.00000280. The Hall–Kier alpha value is -2.29. The van der Waals surface area contributed by atoms with Gasteiger partial charge in [-0.15, -0.1) is 12.4 Å². The highest BCUT2D eigenvalue weighted by Crippen LogP contribution is 2.20. The van der Waals surface area contributed by atoms with E-state index >= 15 is 0 Å². The number of hydrogen-bond donors (Lipinski definition) is 3. The number of piperidine rings is 1. The molecule has 2 aromatic carbocycles. The highest BCUT2D eigenvalue weighted by atomic mass is 35.5. The first-order valence-corrected chi connectivity index (χ1v) is 10.2. The lowest BCUT2D eigenvalue weighted by Crippen LogP contribution is -2.45. The van der Waals surface area contributed by atoms with Crippen LogP contribution in [0.3, 0.4) is 0 Å². The fraction of sp³-hybridized carbons (Fsp3) is 0.316. The zero-order valence-electron chi connectivity index (χ0n) is 15.5. The predicted molar refractivity (Wildman–Crippen MR) is 111 cm³/mol. The van der Waals surface area contributed by atoms with Crippen molar-refractivity contribution in [2.45, 2.75) is 23.8 Å². The van der Waals surface area contributed by atoms with E-state index in [0.717, 1.165) is 25.9 Å². The number of ether oxygens (including phenoxy) is 1. The molecule has 0 saturated carbocycles. The van der Waals surface area contributed by atoms with Crippen LogP contribution in [-0.4, -0.2) is 40.6 Å². The molecule has 1 fully saturated rings. The number of methoxy groups -OCH3 is 1. The van der Waals surface area contributed by atoms with Crippen LogP contribution in [0.1, 0.15) is 23.2 Å². The zero-order valence-corrected chi connectivity index (χ0v) is 17.1. The lowest BCUT2D eigenvalue weighted by molar-refractivity contribution is 0.0930. The molecular formula is C19H24ClN3O4S. The second kappa shape index (κ2) is 9.77. The quantitative estimate of drug-likeness (QED) is 0.660. The lowest BCUT2D eigenvalue weighted by atomic mass is 10.1. The van der Waals surface area contributed by atoms with Crippen LogP contribution in [0.4, 0.5) is 5.69 Å². The van der Waals surface area contributed by atoms with Crippen LogP contribution < -0.4 is 20.1 Å². The van der Waals surface area contributed by atoms with E-state index in [2.05, 4.69) is 15.4 Å². The van der Waals surface area contributed by atoms with E-state index < -0.39 is 10.0 Å². The van der Waals surface area contributed by atoms with Gasteiger partial charge in [-0.3, -0.25) is 9.52 Å². The second-order valence-corrected chi connectivity index (χ2v) is 8.06. The first-order chi connectivity index (χ1) is 13.0. The van der Waals surface area contributed by atoms with Crippen molar-refractivity contribution >= 4 is 34.0 Å². The first kappa shape index (κ1) is 22.0. The van der Waals surface area contributed by atoms with Gasteiger partial charge in [-0.25, -0.2) is 8.42 Å². The van der Waals surface area contributed by atoms with Gasteiger partial charge in [-0.1, -0.05) is 6.07 Å². The second-order valence-electron chi connectivity index (χ2n) is 6.38. The van der Waals surface area contributed by atoms with E-state index in [1.54, 1.807) is 43.5 Å². The average Bonchev–Trinajstić information content (AvgIpc) is 2.69. The molecule has 28 heavy (non-hydrogen) atoms. The molecule has 3 N–H and O–H groups in total. The fourth-order valence-electron chi connectivity index (χ4n) is 2.92. The number of carbonyl (C=O) groups is 1. The number of nitrogens with one attached hydrogen (secondary N) is 3. The Labute approximate surface area is 171 Å². The maximum Gasteiger partial charge on any atom is 0.261 e.